The summed E-state index contributed by atoms with van der Waals surface area (Å²) in [7, 11) is 1.56. The van der Waals surface area contributed by atoms with Crippen LogP contribution in [-0.2, 0) is 16.1 Å². The van der Waals surface area contributed by atoms with E-state index in [-0.39, 0.29) is 18.6 Å². The fourth-order valence-electron chi connectivity index (χ4n) is 4.61. The highest BCUT2D eigenvalue weighted by molar-refractivity contribution is 5.95. The van der Waals surface area contributed by atoms with E-state index in [0.717, 1.165) is 22.9 Å². The highest BCUT2D eigenvalue weighted by Gasteiger charge is 2.33. The summed E-state index contributed by atoms with van der Waals surface area (Å²) in [6.07, 6.45) is 0.362. The normalized spacial score (nSPS) is 21.5. The number of rotatable bonds is 7. The van der Waals surface area contributed by atoms with E-state index in [1.807, 2.05) is 36.4 Å². The standard InChI is InChI=1S/C26H29N3O6/c1-33-17-10-19-18(3-2-4-20(19)28-12-17)25(31)26(32)23-8-6-16(13-34-23)27-11-15-5-7-22-21(9-15)29-24(30)14-35-22/h2-5,7,9-10,12,16,23,25-27,31-32H,6,8,11,13-14H2,1H3,(H,29,30)/t16-,23+,25?,26?/m1/s1. The van der Waals surface area contributed by atoms with Crippen molar-refractivity contribution in [3.63, 3.8) is 0 Å². The van der Waals surface area contributed by atoms with Crippen LogP contribution in [0.3, 0.4) is 0 Å². The monoisotopic (exact) mass is 479 g/mol. The summed E-state index contributed by atoms with van der Waals surface area (Å²) in [4.78, 5) is 15.9. The van der Waals surface area contributed by atoms with E-state index in [4.69, 9.17) is 14.2 Å². The van der Waals surface area contributed by atoms with Gasteiger partial charge in [-0.05, 0) is 48.2 Å². The Hall–Kier alpha value is -3.24. The number of nitrogens with one attached hydrogen (secondary N) is 2. The third-order valence-corrected chi connectivity index (χ3v) is 6.58. The number of amides is 1. The predicted octanol–water partition coefficient (Wildman–Crippen LogP) is 2.31. The van der Waals surface area contributed by atoms with E-state index in [9.17, 15) is 15.0 Å². The molecule has 1 fully saturated rings. The van der Waals surface area contributed by atoms with Crippen molar-refractivity contribution in [2.45, 2.75) is 43.7 Å². The van der Waals surface area contributed by atoms with Crippen molar-refractivity contribution < 1.29 is 29.2 Å². The maximum Gasteiger partial charge on any atom is 0.262 e. The van der Waals surface area contributed by atoms with Crippen LogP contribution < -0.4 is 20.1 Å². The first kappa shape index (κ1) is 23.5. The second-order valence-corrected chi connectivity index (χ2v) is 8.92. The quantitative estimate of drug-likeness (QED) is 0.407. The summed E-state index contributed by atoms with van der Waals surface area (Å²) in [5.74, 6) is 1.10. The highest BCUT2D eigenvalue weighted by atomic mass is 16.5. The van der Waals surface area contributed by atoms with Crippen molar-refractivity contribution in [1.29, 1.82) is 0 Å². The first-order valence-corrected chi connectivity index (χ1v) is 11.7. The number of fused-ring (bicyclic) bond motifs is 2. The lowest BCUT2D eigenvalue weighted by atomic mass is 9.92. The van der Waals surface area contributed by atoms with Crippen LogP contribution in [-0.4, -0.2) is 59.7 Å². The van der Waals surface area contributed by atoms with Crippen molar-refractivity contribution in [1.82, 2.24) is 10.3 Å². The van der Waals surface area contributed by atoms with Crippen molar-refractivity contribution in [2.75, 3.05) is 25.6 Å². The average Bonchev–Trinajstić information content (AvgIpc) is 2.90. The molecular formula is C26H29N3O6. The molecule has 2 unspecified atom stereocenters. The molecule has 1 aromatic heterocycles. The molecule has 0 radical (unpaired) electrons. The Morgan fingerprint density at radius 1 is 1.23 bits per heavy atom. The molecule has 5 rings (SSSR count). The highest BCUT2D eigenvalue weighted by Crippen LogP contribution is 2.32. The van der Waals surface area contributed by atoms with E-state index in [1.54, 1.807) is 19.4 Å². The molecule has 4 atom stereocenters. The Morgan fingerprint density at radius 2 is 2.11 bits per heavy atom. The zero-order valence-corrected chi connectivity index (χ0v) is 19.4. The Kier molecular flexibility index (Phi) is 6.83. The summed E-state index contributed by atoms with van der Waals surface area (Å²) in [6.45, 7) is 1.07. The summed E-state index contributed by atoms with van der Waals surface area (Å²) in [5, 5.41) is 28.9. The molecule has 9 heteroatoms. The van der Waals surface area contributed by atoms with Gasteiger partial charge < -0.3 is 35.1 Å². The van der Waals surface area contributed by atoms with Crippen molar-refractivity contribution >= 4 is 22.5 Å². The molecule has 2 aliphatic heterocycles. The molecule has 184 valence electrons. The third kappa shape index (κ3) is 5.08. The molecule has 35 heavy (non-hydrogen) atoms. The van der Waals surface area contributed by atoms with Crippen LogP contribution >= 0.6 is 0 Å². The average molecular weight is 480 g/mol. The van der Waals surface area contributed by atoms with Crippen LogP contribution in [0.5, 0.6) is 11.5 Å². The number of ether oxygens (including phenoxy) is 3. The number of nitrogens with zero attached hydrogens (tertiary/aromatic N) is 1. The largest absolute Gasteiger partial charge is 0.495 e. The minimum Gasteiger partial charge on any atom is -0.495 e. The summed E-state index contributed by atoms with van der Waals surface area (Å²) in [5.41, 5.74) is 3.01. The Balaban J connectivity index is 1.17. The predicted molar refractivity (Wildman–Crippen MR) is 129 cm³/mol. The van der Waals surface area contributed by atoms with Gasteiger partial charge in [0, 0.05) is 18.0 Å². The first-order chi connectivity index (χ1) is 17.0. The van der Waals surface area contributed by atoms with Gasteiger partial charge in [0.25, 0.3) is 5.91 Å². The summed E-state index contributed by atoms with van der Waals surface area (Å²) >= 11 is 0. The second kappa shape index (κ2) is 10.2. The smallest absolute Gasteiger partial charge is 0.262 e. The van der Waals surface area contributed by atoms with E-state index in [0.29, 0.717) is 42.3 Å². The van der Waals surface area contributed by atoms with Crippen LogP contribution in [0.15, 0.2) is 48.7 Å². The maximum atomic E-state index is 11.5. The number of aliphatic hydroxyl groups is 2. The Morgan fingerprint density at radius 3 is 2.91 bits per heavy atom. The number of carbonyl (C=O) groups excluding carboxylic acids is 1. The minimum atomic E-state index is -1.12. The van der Waals surface area contributed by atoms with Crippen LogP contribution in [0.25, 0.3) is 10.9 Å². The zero-order chi connectivity index (χ0) is 24.4. The molecule has 0 bridgehead atoms. The number of benzene rings is 2. The van der Waals surface area contributed by atoms with Gasteiger partial charge in [-0.3, -0.25) is 9.78 Å². The number of carbonyl (C=O) groups is 1. The van der Waals surface area contributed by atoms with Crippen LogP contribution in [0.1, 0.15) is 30.1 Å². The minimum absolute atomic E-state index is 0.0390. The van der Waals surface area contributed by atoms with Gasteiger partial charge >= 0.3 is 0 Å². The number of aromatic nitrogens is 1. The third-order valence-electron chi connectivity index (χ3n) is 6.58. The fourth-order valence-corrected chi connectivity index (χ4v) is 4.61. The fraction of sp³-hybridized carbons (Fsp3) is 0.385. The van der Waals surface area contributed by atoms with Crippen molar-refractivity contribution in [3.05, 3.63) is 59.8 Å². The summed E-state index contributed by atoms with van der Waals surface area (Å²) < 4.78 is 16.6. The number of methoxy groups -OCH3 is 1. The lowest BCUT2D eigenvalue weighted by molar-refractivity contribution is -0.118. The van der Waals surface area contributed by atoms with Gasteiger partial charge in [0.1, 0.15) is 23.7 Å². The molecule has 2 aliphatic rings. The van der Waals surface area contributed by atoms with Gasteiger partial charge in [-0.2, -0.15) is 0 Å². The van der Waals surface area contributed by atoms with E-state index in [1.165, 1.54) is 0 Å². The van der Waals surface area contributed by atoms with Crippen LogP contribution in [0.4, 0.5) is 5.69 Å². The van der Waals surface area contributed by atoms with E-state index in [2.05, 4.69) is 15.6 Å². The lowest BCUT2D eigenvalue weighted by Gasteiger charge is -2.34. The molecular weight excluding hydrogens is 450 g/mol. The molecule has 4 N–H and O–H groups in total. The maximum absolute atomic E-state index is 11.5. The molecule has 0 saturated carbocycles. The Bertz CT molecular complexity index is 1210. The van der Waals surface area contributed by atoms with Crippen LogP contribution in [0, 0.1) is 0 Å². The van der Waals surface area contributed by atoms with Gasteiger partial charge in [-0.25, -0.2) is 0 Å². The Labute approximate surface area is 203 Å². The van der Waals surface area contributed by atoms with Crippen LogP contribution in [0.2, 0.25) is 0 Å². The van der Waals surface area contributed by atoms with Gasteiger partial charge in [-0.15, -0.1) is 0 Å². The molecule has 0 spiro atoms. The second-order valence-electron chi connectivity index (χ2n) is 8.92. The van der Waals surface area contributed by atoms with Crippen molar-refractivity contribution in [3.8, 4) is 11.5 Å². The molecule has 2 aromatic carbocycles. The van der Waals surface area contributed by atoms with Gasteiger partial charge in [-0.1, -0.05) is 18.2 Å². The molecule has 1 saturated heterocycles. The van der Waals surface area contributed by atoms with Gasteiger partial charge in [0.15, 0.2) is 6.61 Å². The molecule has 3 aromatic rings. The van der Waals surface area contributed by atoms with E-state index < -0.39 is 18.3 Å². The molecule has 1 amide bonds. The number of anilines is 1. The van der Waals surface area contributed by atoms with E-state index >= 15 is 0 Å². The molecule has 9 nitrogen and oxygen atoms in total. The number of aliphatic hydroxyl groups excluding tert-OH is 2. The molecule has 0 aliphatic carbocycles. The summed E-state index contributed by atoms with van der Waals surface area (Å²) in [6, 6.07) is 13.1. The SMILES string of the molecule is COc1cnc2cccc(C(O)C(O)[C@@H]3CC[C@@H](NCc4ccc5c(c4)NC(=O)CO5)CO3)c2c1. The first-order valence-electron chi connectivity index (χ1n) is 11.7. The molecule has 3 heterocycles. The van der Waals surface area contributed by atoms with Crippen molar-refractivity contribution in [2.24, 2.45) is 0 Å². The lowest BCUT2D eigenvalue weighted by Crippen LogP contribution is -2.45. The van der Waals surface area contributed by atoms with Gasteiger partial charge in [0.2, 0.25) is 0 Å². The number of pyridine rings is 1. The van der Waals surface area contributed by atoms with Gasteiger partial charge in [0.05, 0.1) is 37.2 Å². The topological polar surface area (TPSA) is 122 Å². The zero-order valence-electron chi connectivity index (χ0n) is 19.4. The number of hydrogen-bond donors (Lipinski definition) is 4. The number of hydrogen-bond acceptors (Lipinski definition) is 8.